The SMILES string of the molecule is CCCCC(OC(=O)c1cccc(F)c1C(=O)O)C(C)(C)C. The van der Waals surface area contributed by atoms with Gasteiger partial charge >= 0.3 is 11.9 Å². The lowest BCUT2D eigenvalue weighted by atomic mass is 9.86. The van der Waals surface area contributed by atoms with Crippen LogP contribution in [0.2, 0.25) is 0 Å². The molecule has 1 rings (SSSR count). The molecule has 1 N–H and O–H groups in total. The van der Waals surface area contributed by atoms with E-state index < -0.39 is 23.3 Å². The summed E-state index contributed by atoms with van der Waals surface area (Å²) in [5.74, 6) is -3.22. The minimum absolute atomic E-state index is 0.252. The molecule has 0 aliphatic rings. The number of carboxylic acid groups (broad SMARTS) is 1. The van der Waals surface area contributed by atoms with Crippen LogP contribution >= 0.6 is 0 Å². The molecule has 5 heteroatoms. The number of carbonyl (C=O) groups is 2. The Hall–Kier alpha value is -1.91. The molecular weight excluding hydrogens is 287 g/mol. The standard InChI is InChI=1S/C17H23FO4/c1-5-6-10-13(17(2,3)4)22-16(21)11-8-7-9-12(18)14(11)15(19)20/h7-9,13H,5-6,10H2,1-4H3,(H,19,20). The van der Waals surface area contributed by atoms with Gasteiger partial charge in [-0.1, -0.05) is 46.6 Å². The number of esters is 1. The summed E-state index contributed by atoms with van der Waals surface area (Å²) in [6.07, 6.45) is 2.18. The second kappa shape index (κ2) is 7.38. The molecule has 0 aliphatic heterocycles. The fraction of sp³-hybridized carbons (Fsp3) is 0.529. The number of unbranched alkanes of at least 4 members (excludes halogenated alkanes) is 1. The van der Waals surface area contributed by atoms with Gasteiger partial charge in [0.1, 0.15) is 17.5 Å². The molecule has 0 saturated carbocycles. The summed E-state index contributed by atoms with van der Waals surface area (Å²) < 4.78 is 19.1. The first kappa shape index (κ1) is 18.1. The van der Waals surface area contributed by atoms with Crippen molar-refractivity contribution in [3.63, 3.8) is 0 Å². The van der Waals surface area contributed by atoms with Crippen LogP contribution in [0.25, 0.3) is 0 Å². The van der Waals surface area contributed by atoms with Crippen LogP contribution < -0.4 is 0 Å². The molecule has 4 nitrogen and oxygen atoms in total. The Morgan fingerprint density at radius 1 is 1.32 bits per heavy atom. The van der Waals surface area contributed by atoms with Crippen LogP contribution in [-0.2, 0) is 4.74 Å². The molecule has 1 atom stereocenters. The van der Waals surface area contributed by atoms with E-state index in [2.05, 4.69) is 0 Å². The molecular formula is C17H23FO4. The molecule has 22 heavy (non-hydrogen) atoms. The zero-order valence-electron chi connectivity index (χ0n) is 13.5. The number of carbonyl (C=O) groups excluding carboxylic acids is 1. The Kier molecular flexibility index (Phi) is 6.09. The molecule has 1 aromatic carbocycles. The van der Waals surface area contributed by atoms with Crippen molar-refractivity contribution < 1.29 is 23.8 Å². The maximum Gasteiger partial charge on any atom is 0.339 e. The summed E-state index contributed by atoms with van der Waals surface area (Å²) in [7, 11) is 0. The lowest BCUT2D eigenvalue weighted by Crippen LogP contribution is -2.32. The van der Waals surface area contributed by atoms with E-state index in [-0.39, 0.29) is 17.1 Å². The van der Waals surface area contributed by atoms with Gasteiger partial charge in [-0.2, -0.15) is 0 Å². The topological polar surface area (TPSA) is 63.6 Å². The summed E-state index contributed by atoms with van der Waals surface area (Å²) >= 11 is 0. The fourth-order valence-corrected chi connectivity index (χ4v) is 2.16. The third-order valence-corrected chi connectivity index (χ3v) is 3.48. The Labute approximate surface area is 130 Å². The van der Waals surface area contributed by atoms with Gasteiger partial charge in [0.05, 0.1) is 5.56 Å². The third kappa shape index (κ3) is 4.55. The number of benzene rings is 1. The van der Waals surface area contributed by atoms with Crippen molar-refractivity contribution in [2.45, 2.75) is 53.1 Å². The van der Waals surface area contributed by atoms with Gasteiger partial charge in [0.2, 0.25) is 0 Å². The molecule has 1 aromatic rings. The minimum Gasteiger partial charge on any atom is -0.478 e. The van der Waals surface area contributed by atoms with Gasteiger partial charge in [-0.05, 0) is 24.0 Å². The predicted molar refractivity (Wildman–Crippen MR) is 81.5 cm³/mol. The number of rotatable bonds is 6. The van der Waals surface area contributed by atoms with E-state index >= 15 is 0 Å². The highest BCUT2D eigenvalue weighted by Gasteiger charge is 2.30. The maximum atomic E-state index is 13.6. The summed E-state index contributed by atoms with van der Waals surface area (Å²) in [5, 5.41) is 9.08. The van der Waals surface area contributed by atoms with Crippen LogP contribution in [0.3, 0.4) is 0 Å². The van der Waals surface area contributed by atoms with Crippen LogP contribution in [0.5, 0.6) is 0 Å². The average molecular weight is 310 g/mol. The summed E-state index contributed by atoms with van der Waals surface area (Å²) in [6.45, 7) is 7.88. The van der Waals surface area contributed by atoms with E-state index in [0.29, 0.717) is 6.42 Å². The van der Waals surface area contributed by atoms with Crippen LogP contribution in [0.1, 0.15) is 67.7 Å². The molecule has 0 aliphatic carbocycles. The molecule has 1 unspecified atom stereocenters. The Morgan fingerprint density at radius 2 is 1.95 bits per heavy atom. The van der Waals surface area contributed by atoms with Crippen LogP contribution in [-0.4, -0.2) is 23.1 Å². The van der Waals surface area contributed by atoms with Crippen molar-refractivity contribution in [2.75, 3.05) is 0 Å². The van der Waals surface area contributed by atoms with Crippen molar-refractivity contribution >= 4 is 11.9 Å². The summed E-state index contributed by atoms with van der Waals surface area (Å²) in [4.78, 5) is 23.4. The zero-order chi connectivity index (χ0) is 16.9. The van der Waals surface area contributed by atoms with E-state index in [1.165, 1.54) is 12.1 Å². The van der Waals surface area contributed by atoms with E-state index in [9.17, 15) is 14.0 Å². The van der Waals surface area contributed by atoms with Crippen molar-refractivity contribution in [1.82, 2.24) is 0 Å². The minimum atomic E-state index is -1.48. The zero-order valence-corrected chi connectivity index (χ0v) is 13.5. The smallest absolute Gasteiger partial charge is 0.339 e. The van der Waals surface area contributed by atoms with Gasteiger partial charge in [-0.15, -0.1) is 0 Å². The summed E-state index contributed by atoms with van der Waals surface area (Å²) in [6, 6.07) is 3.59. The van der Waals surface area contributed by atoms with Gasteiger partial charge in [0.15, 0.2) is 0 Å². The van der Waals surface area contributed by atoms with Crippen LogP contribution in [0.15, 0.2) is 18.2 Å². The molecule has 0 radical (unpaired) electrons. The van der Waals surface area contributed by atoms with Crippen molar-refractivity contribution in [2.24, 2.45) is 5.41 Å². The number of hydrogen-bond donors (Lipinski definition) is 1. The fourth-order valence-electron chi connectivity index (χ4n) is 2.16. The highest BCUT2D eigenvalue weighted by molar-refractivity contribution is 6.02. The number of ether oxygens (including phenoxy) is 1. The predicted octanol–water partition coefficient (Wildman–Crippen LogP) is 4.29. The largest absolute Gasteiger partial charge is 0.478 e. The van der Waals surface area contributed by atoms with E-state index in [1.807, 2.05) is 27.7 Å². The van der Waals surface area contributed by atoms with Crippen molar-refractivity contribution in [1.29, 1.82) is 0 Å². The van der Waals surface area contributed by atoms with Gasteiger partial charge in [0, 0.05) is 0 Å². The normalized spacial score (nSPS) is 12.8. The first-order valence-electron chi connectivity index (χ1n) is 7.41. The highest BCUT2D eigenvalue weighted by Crippen LogP contribution is 2.28. The molecule has 0 aromatic heterocycles. The van der Waals surface area contributed by atoms with E-state index in [0.717, 1.165) is 18.9 Å². The molecule has 0 amide bonds. The average Bonchev–Trinajstić information content (AvgIpc) is 2.41. The summed E-state index contributed by atoms with van der Waals surface area (Å²) in [5.41, 5.74) is -1.17. The number of halogens is 1. The number of aromatic carboxylic acids is 1. The Balaban J connectivity index is 3.05. The molecule has 0 spiro atoms. The van der Waals surface area contributed by atoms with Gasteiger partial charge in [-0.25, -0.2) is 14.0 Å². The second-order valence-corrected chi connectivity index (χ2v) is 6.37. The van der Waals surface area contributed by atoms with Crippen molar-refractivity contribution in [3.05, 3.63) is 35.1 Å². The first-order chi connectivity index (χ1) is 10.2. The first-order valence-corrected chi connectivity index (χ1v) is 7.41. The van der Waals surface area contributed by atoms with Gasteiger partial charge in [-0.3, -0.25) is 0 Å². The Bertz CT molecular complexity index is 546. The molecule has 0 bridgehead atoms. The van der Waals surface area contributed by atoms with Crippen LogP contribution in [0, 0.1) is 11.2 Å². The van der Waals surface area contributed by atoms with Gasteiger partial charge < -0.3 is 9.84 Å². The van der Waals surface area contributed by atoms with E-state index in [1.54, 1.807) is 0 Å². The Morgan fingerprint density at radius 3 is 2.45 bits per heavy atom. The highest BCUT2D eigenvalue weighted by atomic mass is 19.1. The monoisotopic (exact) mass is 310 g/mol. The molecule has 0 heterocycles. The molecule has 122 valence electrons. The second-order valence-electron chi connectivity index (χ2n) is 6.37. The van der Waals surface area contributed by atoms with E-state index in [4.69, 9.17) is 9.84 Å². The molecule has 0 saturated heterocycles. The lowest BCUT2D eigenvalue weighted by Gasteiger charge is -2.30. The number of carboxylic acids is 1. The molecule has 0 fully saturated rings. The lowest BCUT2D eigenvalue weighted by molar-refractivity contribution is -0.00702. The van der Waals surface area contributed by atoms with Crippen molar-refractivity contribution in [3.8, 4) is 0 Å². The van der Waals surface area contributed by atoms with Gasteiger partial charge in [0.25, 0.3) is 0 Å². The maximum absolute atomic E-state index is 13.6. The van der Waals surface area contributed by atoms with Crippen LogP contribution in [0.4, 0.5) is 4.39 Å². The third-order valence-electron chi connectivity index (χ3n) is 3.48. The quantitative estimate of drug-likeness (QED) is 0.796. The number of hydrogen-bond acceptors (Lipinski definition) is 3.